The highest BCUT2D eigenvalue weighted by molar-refractivity contribution is 7.80. The van der Waals surface area contributed by atoms with Crippen LogP contribution < -0.4 is 24.6 Å². The molecule has 2 atom stereocenters. The Kier molecular flexibility index (Phi) is 14.9. The first-order chi connectivity index (χ1) is 32.1. The summed E-state index contributed by atoms with van der Waals surface area (Å²) in [6.45, 7) is 2.24. The summed E-state index contributed by atoms with van der Waals surface area (Å²) < 4.78 is 15.5. The van der Waals surface area contributed by atoms with Gasteiger partial charge in [-0.3, -0.25) is 14.4 Å². The minimum Gasteiger partial charge on any atom is -0.491 e. The normalized spacial score (nSPS) is 15.8. The van der Waals surface area contributed by atoms with E-state index in [1.807, 2.05) is 103 Å². The largest absolute Gasteiger partial charge is 0.491 e. The lowest BCUT2D eigenvalue weighted by Gasteiger charge is -2.23. The fourth-order valence-electron chi connectivity index (χ4n) is 8.08. The fraction of sp³-hybridized carbons (Fsp3) is 0.347. The van der Waals surface area contributed by atoms with Gasteiger partial charge >= 0.3 is 0 Å². The number of thiocarbonyl (C=S) groups is 2. The molecule has 1 amide bonds. The van der Waals surface area contributed by atoms with Gasteiger partial charge < -0.3 is 24.6 Å². The van der Waals surface area contributed by atoms with Crippen LogP contribution in [0, 0.1) is 11.8 Å². The Bertz CT molecular complexity index is 2690. The molecule has 8 rings (SSSR count). The number of aromatic nitrogens is 7. The molecule has 15 nitrogen and oxygen atoms in total. The molecule has 2 aliphatic heterocycles. The molecule has 0 saturated heterocycles. The summed E-state index contributed by atoms with van der Waals surface area (Å²) in [5.41, 5.74) is 4.22. The monoisotopic (exact) mass is 924 g/mol. The molecule has 0 spiro atoms. The number of carbonyl (C=O) groups is 3. The number of hydrogen-bond acceptors (Lipinski definition) is 12. The zero-order valence-corrected chi connectivity index (χ0v) is 38.7. The van der Waals surface area contributed by atoms with Crippen LogP contribution in [0.5, 0.6) is 11.5 Å². The molecule has 66 heavy (non-hydrogen) atoms. The first-order valence-corrected chi connectivity index (χ1v) is 23.1. The van der Waals surface area contributed by atoms with Gasteiger partial charge in [0.05, 0.1) is 42.0 Å². The van der Waals surface area contributed by atoms with Gasteiger partial charge in [0.15, 0.2) is 11.6 Å². The van der Waals surface area contributed by atoms with Gasteiger partial charge in [-0.15, -0.1) is 10.2 Å². The molecule has 0 fully saturated rings. The van der Waals surface area contributed by atoms with E-state index in [1.54, 1.807) is 34.3 Å². The van der Waals surface area contributed by atoms with E-state index in [1.165, 1.54) is 0 Å². The van der Waals surface area contributed by atoms with Crippen LogP contribution in [0.2, 0.25) is 0 Å². The Morgan fingerprint density at radius 3 is 1.86 bits per heavy atom. The highest BCUT2D eigenvalue weighted by atomic mass is 32.1. The number of nitrogens with one attached hydrogen (secondary N) is 1. The van der Waals surface area contributed by atoms with Crippen LogP contribution in [-0.4, -0.2) is 89.3 Å². The van der Waals surface area contributed by atoms with E-state index in [0.29, 0.717) is 69.8 Å². The van der Waals surface area contributed by atoms with Gasteiger partial charge in [-0.05, 0) is 72.7 Å². The number of nitrogens with zero attached hydrogens (tertiary/aromatic N) is 9. The predicted octanol–water partition coefficient (Wildman–Crippen LogP) is 7.72. The number of anilines is 2. The highest BCUT2D eigenvalue weighted by Gasteiger charge is 2.28. The summed E-state index contributed by atoms with van der Waals surface area (Å²) >= 11 is 11.7. The van der Waals surface area contributed by atoms with Crippen LogP contribution in [0.4, 0.5) is 11.5 Å². The second-order valence-electron chi connectivity index (χ2n) is 16.7. The molecule has 340 valence electrons. The van der Waals surface area contributed by atoms with Crippen molar-refractivity contribution in [2.24, 2.45) is 11.8 Å². The number of pyridine rings is 1. The van der Waals surface area contributed by atoms with E-state index in [0.717, 1.165) is 69.6 Å². The molecule has 5 heterocycles. The lowest BCUT2D eigenvalue weighted by molar-refractivity contribution is 0.0946. The van der Waals surface area contributed by atoms with Gasteiger partial charge in [0, 0.05) is 57.1 Å². The third kappa shape index (κ3) is 11.4. The van der Waals surface area contributed by atoms with E-state index in [9.17, 15) is 14.4 Å². The van der Waals surface area contributed by atoms with Crippen molar-refractivity contribution >= 4 is 63.4 Å². The van der Waals surface area contributed by atoms with Crippen molar-refractivity contribution in [3.05, 3.63) is 138 Å². The molecule has 3 aromatic heterocycles. The lowest BCUT2D eigenvalue weighted by Crippen LogP contribution is -2.32. The number of Topliss-reactive ketones (excluding diaryl/α,β-unsaturated/α-hetero) is 2. The Morgan fingerprint density at radius 2 is 1.23 bits per heavy atom. The quantitative estimate of drug-likeness (QED) is 0.0477. The van der Waals surface area contributed by atoms with Gasteiger partial charge in [0.25, 0.3) is 5.91 Å². The summed E-state index contributed by atoms with van der Waals surface area (Å²) in [5.74, 6) is 2.19. The Morgan fingerprint density at radius 1 is 0.652 bits per heavy atom. The highest BCUT2D eigenvalue weighted by Crippen LogP contribution is 2.35. The summed E-state index contributed by atoms with van der Waals surface area (Å²) in [4.78, 5) is 57.4. The maximum atomic E-state index is 13.4. The summed E-state index contributed by atoms with van der Waals surface area (Å²) in [7, 11) is 3.81. The van der Waals surface area contributed by atoms with Crippen molar-refractivity contribution in [3.63, 3.8) is 0 Å². The Hall–Kier alpha value is -6.72. The summed E-state index contributed by atoms with van der Waals surface area (Å²) in [6, 6.07) is 26.9. The van der Waals surface area contributed by atoms with Crippen molar-refractivity contribution in [1.82, 2.24) is 39.8 Å². The smallest absolute Gasteiger partial charge is 0.251 e. The van der Waals surface area contributed by atoms with Crippen LogP contribution in [0.15, 0.2) is 104 Å². The van der Waals surface area contributed by atoms with Crippen LogP contribution >= 0.6 is 24.4 Å². The number of ketones is 2. The second-order valence-corrected chi connectivity index (χ2v) is 17.5. The number of amides is 1. The van der Waals surface area contributed by atoms with E-state index in [-0.39, 0.29) is 41.0 Å². The molecule has 2 unspecified atom stereocenters. The Labute approximate surface area is 394 Å². The Balaban J connectivity index is 0.745. The van der Waals surface area contributed by atoms with Crippen LogP contribution in [0.1, 0.15) is 99.7 Å². The van der Waals surface area contributed by atoms with E-state index >= 15 is 0 Å². The molecular weight excluding hydrogens is 873 g/mol. The van der Waals surface area contributed by atoms with Crippen LogP contribution in [0.25, 0.3) is 0 Å². The van der Waals surface area contributed by atoms with Crippen LogP contribution in [-0.2, 0) is 19.6 Å². The first-order valence-electron chi connectivity index (χ1n) is 22.2. The first kappa shape index (κ1) is 45.8. The molecule has 6 aromatic rings. The minimum absolute atomic E-state index is 0.0281. The molecular formula is C49H52N10O5S2. The lowest BCUT2D eigenvalue weighted by atomic mass is 10.0. The van der Waals surface area contributed by atoms with Gasteiger partial charge in [0.1, 0.15) is 18.4 Å². The molecule has 0 aliphatic carbocycles. The maximum absolute atomic E-state index is 13.4. The molecule has 1 N–H and O–H groups in total. The minimum atomic E-state index is -0.219. The number of unbranched alkanes of at least 4 members (excludes halogenated alkanes) is 2. The third-order valence-corrected chi connectivity index (χ3v) is 13.1. The van der Waals surface area contributed by atoms with Crippen molar-refractivity contribution < 1.29 is 23.9 Å². The molecule has 0 saturated carbocycles. The van der Waals surface area contributed by atoms with Crippen molar-refractivity contribution in [2.75, 3.05) is 37.1 Å². The number of fused-ring (bicyclic) bond motifs is 2. The predicted molar refractivity (Wildman–Crippen MR) is 259 cm³/mol. The van der Waals surface area contributed by atoms with Crippen molar-refractivity contribution in [2.45, 2.75) is 71.0 Å². The van der Waals surface area contributed by atoms with Crippen molar-refractivity contribution in [3.8, 4) is 11.5 Å². The van der Waals surface area contributed by atoms with Gasteiger partial charge in [0.2, 0.25) is 23.2 Å². The average Bonchev–Trinajstić information content (AvgIpc) is 3.98. The number of hydrogen-bond donors (Lipinski definition) is 1. The molecule has 3 aromatic carbocycles. The SMILES string of the molecule is CN1C(=S)C(CCCCC(=O)c2ncn(Cc3ccccc3)n2)COc2ccc(C(=O)NCc3ccc(Cn4cnc(C(=O)CCCCC5COc6cccnc6N(C)C5=S)n4)cc3)cc21. The van der Waals surface area contributed by atoms with Gasteiger partial charge in [-0.25, -0.2) is 24.3 Å². The van der Waals surface area contributed by atoms with Crippen LogP contribution in [0.3, 0.4) is 0 Å². The van der Waals surface area contributed by atoms with E-state index in [4.69, 9.17) is 33.9 Å². The fourth-order valence-corrected chi connectivity index (χ4v) is 8.63. The number of rotatable bonds is 19. The van der Waals surface area contributed by atoms with E-state index in [2.05, 4.69) is 30.5 Å². The van der Waals surface area contributed by atoms with Gasteiger partial charge in [-0.1, -0.05) is 91.9 Å². The van der Waals surface area contributed by atoms with Crippen molar-refractivity contribution in [1.29, 1.82) is 0 Å². The molecule has 17 heteroatoms. The topological polar surface area (TPSA) is 162 Å². The average molecular weight is 925 g/mol. The zero-order valence-electron chi connectivity index (χ0n) is 37.0. The molecule has 0 bridgehead atoms. The number of ether oxygens (including phenoxy) is 2. The summed E-state index contributed by atoms with van der Waals surface area (Å²) in [5, 5.41) is 11.9. The maximum Gasteiger partial charge on any atom is 0.251 e. The second kappa shape index (κ2) is 21.5. The zero-order chi connectivity index (χ0) is 46.0. The standard InChI is InChI=1S/C49H52N10O5S2/c1-56-39-25-36(22-23-42(39)63-29-37(48(56)65)13-6-8-15-40(60)44-52-31-58(54-44)27-34-11-4-3-5-12-34)47(62)51-26-33-18-20-35(21-19-33)28-59-32-53-45(55-59)41(61)16-9-7-14-38-30-64-43-17-10-24-50-46(43)57(2)49(38)66/h3-5,10-12,17-25,31-32,37-38H,6-9,13-16,26-30H2,1-2H3,(H,51,62). The molecule has 0 radical (unpaired) electrons. The number of carbonyl (C=O) groups excluding carboxylic acids is 3. The third-order valence-electron chi connectivity index (χ3n) is 11.9. The molecule has 2 aliphatic rings. The number of benzene rings is 3. The van der Waals surface area contributed by atoms with E-state index < -0.39 is 0 Å². The van der Waals surface area contributed by atoms with Gasteiger partial charge in [-0.2, -0.15) is 0 Å². The summed E-state index contributed by atoms with van der Waals surface area (Å²) in [6.07, 6.45) is 10.2.